The molecule has 0 aromatic heterocycles. The number of carbonyl (C=O) groups is 2. The van der Waals surface area contributed by atoms with E-state index in [1.165, 1.54) is 11.8 Å². The Morgan fingerprint density at radius 3 is 2.00 bits per heavy atom. The highest BCUT2D eigenvalue weighted by molar-refractivity contribution is 8.00. The molecular weight excluding hydrogens is 264 g/mol. The second-order valence-electron chi connectivity index (χ2n) is 3.39. The van der Waals surface area contributed by atoms with Crippen molar-refractivity contribution in [1.82, 2.24) is 0 Å². The minimum atomic E-state index is -1.00. The molecule has 0 aliphatic carbocycles. The van der Waals surface area contributed by atoms with E-state index in [0.717, 1.165) is 4.90 Å². The molecule has 0 unspecified atom stereocenters. The van der Waals surface area contributed by atoms with Crippen molar-refractivity contribution in [1.29, 1.82) is 0 Å². The molecule has 0 atom stereocenters. The summed E-state index contributed by atoms with van der Waals surface area (Å²) in [5.41, 5.74) is 0. The summed E-state index contributed by atoms with van der Waals surface area (Å²) in [6.07, 6.45) is -0.362. The van der Waals surface area contributed by atoms with Gasteiger partial charge in [0.15, 0.2) is 0 Å². The van der Waals surface area contributed by atoms with E-state index < -0.39 is 17.2 Å². The Kier molecular flexibility index (Phi) is 5.31. The highest BCUT2D eigenvalue weighted by atomic mass is 35.5. The number of benzene rings is 1. The molecule has 0 spiro atoms. The molecular formula is C11H11ClO4S. The molecule has 1 aromatic carbocycles. The zero-order valence-electron chi connectivity index (χ0n) is 8.80. The Hall–Kier alpha value is -1.20. The molecule has 0 radical (unpaired) electrons. The van der Waals surface area contributed by atoms with Crippen LogP contribution in [0.2, 0.25) is 5.02 Å². The maximum Gasteiger partial charge on any atom is 0.304 e. The third kappa shape index (κ3) is 5.60. The van der Waals surface area contributed by atoms with E-state index in [1.807, 2.05) is 0 Å². The van der Waals surface area contributed by atoms with E-state index in [9.17, 15) is 9.59 Å². The van der Waals surface area contributed by atoms with Crippen LogP contribution in [0.3, 0.4) is 0 Å². The van der Waals surface area contributed by atoms with E-state index in [0.29, 0.717) is 5.02 Å². The fraction of sp³-hybridized carbons (Fsp3) is 0.273. The van der Waals surface area contributed by atoms with Crippen LogP contribution in [0.1, 0.15) is 12.8 Å². The van der Waals surface area contributed by atoms with Crippen LogP contribution in [0, 0.1) is 0 Å². The molecule has 0 bridgehead atoms. The first-order valence-electron chi connectivity index (χ1n) is 4.83. The standard InChI is InChI=1S/C11H11ClO4S/c12-7-1-3-8(4-2-7)17-9(5-10(13)14)6-11(15)16/h1-4,9H,5-6H2,(H,13,14)(H,15,16). The first-order chi connectivity index (χ1) is 7.97. The van der Waals surface area contributed by atoms with Crippen molar-refractivity contribution >= 4 is 35.3 Å². The molecule has 1 aromatic rings. The average molecular weight is 275 g/mol. The summed E-state index contributed by atoms with van der Waals surface area (Å²) in [7, 11) is 0. The predicted molar refractivity (Wildman–Crippen MR) is 65.6 cm³/mol. The third-order valence-corrected chi connectivity index (χ3v) is 3.38. The number of aliphatic carboxylic acids is 2. The second kappa shape index (κ2) is 6.51. The second-order valence-corrected chi connectivity index (χ2v) is 5.20. The Labute approximate surface area is 108 Å². The Morgan fingerprint density at radius 1 is 1.12 bits per heavy atom. The number of carboxylic acids is 2. The molecule has 0 fully saturated rings. The average Bonchev–Trinajstić information content (AvgIpc) is 2.19. The van der Waals surface area contributed by atoms with Gasteiger partial charge in [0.25, 0.3) is 0 Å². The van der Waals surface area contributed by atoms with Gasteiger partial charge in [-0.3, -0.25) is 9.59 Å². The fourth-order valence-electron chi connectivity index (χ4n) is 1.25. The van der Waals surface area contributed by atoms with Crippen molar-refractivity contribution in [2.24, 2.45) is 0 Å². The predicted octanol–water partition coefficient (Wildman–Crippen LogP) is 2.75. The van der Waals surface area contributed by atoms with Crippen LogP contribution in [0.4, 0.5) is 0 Å². The van der Waals surface area contributed by atoms with Gasteiger partial charge in [-0.2, -0.15) is 0 Å². The summed E-state index contributed by atoms with van der Waals surface area (Å²) in [4.78, 5) is 22.0. The number of carboxylic acid groups (broad SMARTS) is 2. The smallest absolute Gasteiger partial charge is 0.304 e. The van der Waals surface area contributed by atoms with Crippen molar-refractivity contribution in [3.8, 4) is 0 Å². The van der Waals surface area contributed by atoms with Crippen LogP contribution in [0.25, 0.3) is 0 Å². The molecule has 92 valence electrons. The van der Waals surface area contributed by atoms with Crippen molar-refractivity contribution < 1.29 is 19.8 Å². The van der Waals surface area contributed by atoms with Crippen molar-refractivity contribution in [2.45, 2.75) is 23.0 Å². The van der Waals surface area contributed by atoms with E-state index in [4.69, 9.17) is 21.8 Å². The SMILES string of the molecule is O=C(O)CC(CC(=O)O)Sc1ccc(Cl)cc1. The Balaban J connectivity index is 2.67. The number of halogens is 1. The van der Waals surface area contributed by atoms with Gasteiger partial charge in [0.05, 0.1) is 12.8 Å². The molecule has 0 aliphatic heterocycles. The molecule has 0 aliphatic rings. The molecule has 17 heavy (non-hydrogen) atoms. The topological polar surface area (TPSA) is 74.6 Å². The fourth-order valence-corrected chi connectivity index (χ4v) is 2.51. The number of thioether (sulfide) groups is 1. The normalized spacial score (nSPS) is 10.5. The van der Waals surface area contributed by atoms with E-state index >= 15 is 0 Å². The Morgan fingerprint density at radius 2 is 1.59 bits per heavy atom. The maximum absolute atomic E-state index is 10.6. The Bertz CT molecular complexity index is 388. The van der Waals surface area contributed by atoms with Crippen molar-refractivity contribution in [3.63, 3.8) is 0 Å². The minimum absolute atomic E-state index is 0.181. The van der Waals surface area contributed by atoms with Crippen LogP contribution >= 0.6 is 23.4 Å². The molecule has 0 saturated heterocycles. The monoisotopic (exact) mass is 274 g/mol. The number of rotatable bonds is 6. The maximum atomic E-state index is 10.6. The van der Waals surface area contributed by atoms with Gasteiger partial charge in [0.2, 0.25) is 0 Å². The van der Waals surface area contributed by atoms with Crippen LogP contribution in [-0.2, 0) is 9.59 Å². The molecule has 0 heterocycles. The molecule has 2 N–H and O–H groups in total. The molecule has 1 rings (SSSR count). The van der Waals surface area contributed by atoms with Crippen LogP contribution < -0.4 is 0 Å². The van der Waals surface area contributed by atoms with E-state index in [1.54, 1.807) is 24.3 Å². The van der Waals surface area contributed by atoms with Crippen LogP contribution in [0.15, 0.2) is 29.2 Å². The summed E-state index contributed by atoms with van der Waals surface area (Å²) >= 11 is 6.95. The quantitative estimate of drug-likeness (QED) is 0.780. The summed E-state index contributed by atoms with van der Waals surface area (Å²) < 4.78 is 0. The third-order valence-electron chi connectivity index (χ3n) is 1.92. The van der Waals surface area contributed by atoms with E-state index in [2.05, 4.69) is 0 Å². The number of hydrogen-bond donors (Lipinski definition) is 2. The van der Waals surface area contributed by atoms with E-state index in [-0.39, 0.29) is 12.8 Å². The van der Waals surface area contributed by atoms with Gasteiger partial charge in [-0.25, -0.2) is 0 Å². The molecule has 0 saturated carbocycles. The van der Waals surface area contributed by atoms with Crippen LogP contribution in [-0.4, -0.2) is 27.4 Å². The van der Waals surface area contributed by atoms with Gasteiger partial charge < -0.3 is 10.2 Å². The highest BCUT2D eigenvalue weighted by Gasteiger charge is 2.18. The first-order valence-corrected chi connectivity index (χ1v) is 6.09. The van der Waals surface area contributed by atoms with Gasteiger partial charge in [0.1, 0.15) is 0 Å². The van der Waals surface area contributed by atoms with Crippen molar-refractivity contribution in [3.05, 3.63) is 29.3 Å². The molecule has 4 nitrogen and oxygen atoms in total. The lowest BCUT2D eigenvalue weighted by Gasteiger charge is -2.11. The zero-order chi connectivity index (χ0) is 12.8. The number of hydrogen-bond acceptors (Lipinski definition) is 3. The first kappa shape index (κ1) is 13.9. The summed E-state index contributed by atoms with van der Waals surface area (Å²) in [6, 6.07) is 6.85. The minimum Gasteiger partial charge on any atom is -0.481 e. The lowest BCUT2D eigenvalue weighted by Crippen LogP contribution is -2.14. The van der Waals surface area contributed by atoms with Crippen LogP contribution in [0.5, 0.6) is 0 Å². The lowest BCUT2D eigenvalue weighted by atomic mass is 10.2. The summed E-state index contributed by atoms with van der Waals surface area (Å²) in [6.45, 7) is 0. The molecule has 0 amide bonds. The van der Waals surface area contributed by atoms with Gasteiger partial charge in [-0.15, -0.1) is 11.8 Å². The lowest BCUT2D eigenvalue weighted by molar-refractivity contribution is -0.138. The summed E-state index contributed by atoms with van der Waals surface area (Å²) in [5.74, 6) is -2.00. The van der Waals surface area contributed by atoms with Gasteiger partial charge in [-0.1, -0.05) is 11.6 Å². The summed E-state index contributed by atoms with van der Waals surface area (Å²) in [5, 5.41) is 17.5. The van der Waals surface area contributed by atoms with Gasteiger partial charge in [-0.05, 0) is 24.3 Å². The van der Waals surface area contributed by atoms with Gasteiger partial charge in [0, 0.05) is 15.2 Å². The van der Waals surface area contributed by atoms with Gasteiger partial charge >= 0.3 is 11.9 Å². The zero-order valence-corrected chi connectivity index (χ0v) is 10.4. The largest absolute Gasteiger partial charge is 0.481 e. The van der Waals surface area contributed by atoms with Crippen molar-refractivity contribution in [2.75, 3.05) is 0 Å². The highest BCUT2D eigenvalue weighted by Crippen LogP contribution is 2.28. The molecule has 6 heteroatoms.